The first-order valence-corrected chi connectivity index (χ1v) is 11.4. The molecule has 2 heterocycles. The van der Waals surface area contributed by atoms with Crippen LogP contribution in [0.3, 0.4) is 0 Å². The Balaban J connectivity index is 1.61. The lowest BCUT2D eigenvalue weighted by Gasteiger charge is -2.39. The summed E-state index contributed by atoms with van der Waals surface area (Å²) in [6.45, 7) is 7.58. The lowest BCUT2D eigenvalue weighted by molar-refractivity contribution is 0.0699. The van der Waals surface area contributed by atoms with Crippen molar-refractivity contribution >= 4 is 17.5 Å². The number of nitrogens with zero attached hydrogens (tertiary/aromatic N) is 3. The van der Waals surface area contributed by atoms with Gasteiger partial charge in [-0.2, -0.15) is 5.10 Å². The molecule has 1 aliphatic carbocycles. The Hall–Kier alpha value is -2.66. The second-order valence-electron chi connectivity index (χ2n) is 10.4. The van der Waals surface area contributed by atoms with Gasteiger partial charge in [0.2, 0.25) is 0 Å². The van der Waals surface area contributed by atoms with E-state index in [-0.39, 0.29) is 28.6 Å². The van der Waals surface area contributed by atoms with Crippen LogP contribution in [0.2, 0.25) is 5.02 Å². The van der Waals surface area contributed by atoms with E-state index in [2.05, 4.69) is 25.9 Å². The Bertz CT molecular complexity index is 1200. The van der Waals surface area contributed by atoms with Crippen molar-refractivity contribution in [3.8, 4) is 16.9 Å². The first-order chi connectivity index (χ1) is 15.2. The minimum absolute atomic E-state index is 0.0774. The Morgan fingerprint density at radius 3 is 2.56 bits per heavy atom. The number of hydrogen-bond donors (Lipinski definition) is 0. The van der Waals surface area contributed by atoms with E-state index in [1.807, 2.05) is 23.1 Å². The largest absolute Gasteiger partial charge is 0.334 e. The molecule has 6 heteroatoms. The molecule has 166 valence electrons. The lowest BCUT2D eigenvalue weighted by Crippen LogP contribution is -2.38. The highest BCUT2D eigenvalue weighted by atomic mass is 35.5. The van der Waals surface area contributed by atoms with Gasteiger partial charge in [0.25, 0.3) is 5.91 Å². The minimum Gasteiger partial charge on any atom is -0.334 e. The van der Waals surface area contributed by atoms with E-state index in [0.29, 0.717) is 27.7 Å². The number of amides is 1. The Morgan fingerprint density at radius 2 is 1.81 bits per heavy atom. The summed E-state index contributed by atoms with van der Waals surface area (Å²) in [5.74, 6) is -0.451. The minimum atomic E-state index is -0.374. The van der Waals surface area contributed by atoms with Gasteiger partial charge < -0.3 is 4.90 Å². The third kappa shape index (κ3) is 3.62. The third-order valence-corrected chi connectivity index (χ3v) is 7.15. The average molecular weight is 452 g/mol. The molecule has 2 aromatic carbocycles. The highest BCUT2D eigenvalue weighted by molar-refractivity contribution is 6.32. The van der Waals surface area contributed by atoms with Crippen LogP contribution < -0.4 is 0 Å². The van der Waals surface area contributed by atoms with Crippen LogP contribution in [0.5, 0.6) is 0 Å². The van der Waals surface area contributed by atoms with Gasteiger partial charge in [-0.25, -0.2) is 9.07 Å². The van der Waals surface area contributed by atoms with Crippen molar-refractivity contribution in [2.45, 2.75) is 46.1 Å². The quantitative estimate of drug-likeness (QED) is 0.463. The molecule has 2 fully saturated rings. The number of aromatic nitrogens is 2. The molecule has 1 amide bonds. The van der Waals surface area contributed by atoms with Crippen molar-refractivity contribution in [1.29, 1.82) is 0 Å². The number of halogens is 2. The molecule has 5 rings (SSSR count). The summed E-state index contributed by atoms with van der Waals surface area (Å²) in [6.07, 6.45) is 3.10. The molecule has 1 aliphatic heterocycles. The molecule has 2 unspecified atom stereocenters. The molecule has 2 aliphatic rings. The van der Waals surface area contributed by atoms with E-state index in [4.69, 9.17) is 11.6 Å². The molecule has 1 saturated heterocycles. The zero-order valence-corrected chi connectivity index (χ0v) is 19.4. The van der Waals surface area contributed by atoms with Gasteiger partial charge in [0.1, 0.15) is 11.5 Å². The third-order valence-electron chi connectivity index (χ3n) is 6.83. The smallest absolute Gasteiger partial charge is 0.272 e. The summed E-state index contributed by atoms with van der Waals surface area (Å²) in [5, 5.41) is 5.13. The fourth-order valence-electron chi connectivity index (χ4n) is 5.99. The maximum absolute atomic E-state index is 14.5. The molecular weight excluding hydrogens is 425 g/mol. The molecule has 32 heavy (non-hydrogen) atoms. The normalized spacial score (nSPS) is 24.0. The fourth-order valence-corrected chi connectivity index (χ4v) is 6.20. The van der Waals surface area contributed by atoms with Crippen molar-refractivity contribution < 1.29 is 9.18 Å². The Labute approximate surface area is 193 Å². The van der Waals surface area contributed by atoms with Gasteiger partial charge in [0, 0.05) is 18.2 Å². The fraction of sp³-hybridized carbons (Fsp3) is 0.385. The number of benzene rings is 2. The Morgan fingerprint density at radius 1 is 1.09 bits per heavy atom. The van der Waals surface area contributed by atoms with Crippen molar-refractivity contribution in [2.24, 2.45) is 10.8 Å². The predicted octanol–water partition coefficient (Wildman–Crippen LogP) is 6.37. The number of hydrogen-bond acceptors (Lipinski definition) is 2. The number of carbonyl (C=O) groups is 1. The van der Waals surface area contributed by atoms with Crippen LogP contribution in [0.25, 0.3) is 16.9 Å². The topological polar surface area (TPSA) is 38.1 Å². The Kier molecular flexibility index (Phi) is 4.93. The van der Waals surface area contributed by atoms with Gasteiger partial charge in [-0.3, -0.25) is 4.79 Å². The van der Waals surface area contributed by atoms with E-state index >= 15 is 0 Å². The van der Waals surface area contributed by atoms with Crippen molar-refractivity contribution in [2.75, 3.05) is 6.54 Å². The first kappa shape index (κ1) is 21.2. The molecule has 3 aromatic rings. The number of fused-ring (bicyclic) bond motifs is 2. The standard InChI is InChI=1S/C26H27ClFN3O/c1-25(2)13-17-14-26(3,15-25)16-30(17)24(32)23-12-21(18-8-4-6-10-20(18)28)29-31(23)22-11-7-5-9-19(22)27/h4-12,17H,13-16H2,1-3H3. The summed E-state index contributed by atoms with van der Waals surface area (Å²) >= 11 is 6.47. The van der Waals surface area contributed by atoms with Crippen molar-refractivity contribution in [3.63, 3.8) is 0 Å². The maximum Gasteiger partial charge on any atom is 0.272 e. The van der Waals surface area contributed by atoms with Gasteiger partial charge in [0.05, 0.1) is 16.4 Å². The molecular formula is C26H27ClFN3O. The second-order valence-corrected chi connectivity index (χ2v) is 10.8. The van der Waals surface area contributed by atoms with E-state index in [1.165, 1.54) is 6.07 Å². The van der Waals surface area contributed by atoms with Crippen molar-refractivity contribution in [3.05, 3.63) is 71.1 Å². The van der Waals surface area contributed by atoms with Gasteiger partial charge in [0.15, 0.2) is 0 Å². The zero-order valence-electron chi connectivity index (χ0n) is 18.6. The highest BCUT2D eigenvalue weighted by Gasteiger charge is 2.51. The number of likely N-dealkylation sites (tertiary alicyclic amines) is 1. The monoisotopic (exact) mass is 451 g/mol. The first-order valence-electron chi connectivity index (χ1n) is 11.1. The summed E-state index contributed by atoms with van der Waals surface area (Å²) in [7, 11) is 0. The van der Waals surface area contributed by atoms with E-state index < -0.39 is 0 Å². The van der Waals surface area contributed by atoms with Crippen LogP contribution in [0.1, 0.15) is 50.5 Å². The predicted molar refractivity (Wildman–Crippen MR) is 125 cm³/mol. The number of para-hydroxylation sites is 1. The van der Waals surface area contributed by atoms with E-state index in [9.17, 15) is 9.18 Å². The average Bonchev–Trinajstić information content (AvgIpc) is 3.26. The van der Waals surface area contributed by atoms with Gasteiger partial charge in [-0.1, -0.05) is 56.6 Å². The van der Waals surface area contributed by atoms with Gasteiger partial charge in [-0.05, 0) is 60.4 Å². The van der Waals surface area contributed by atoms with E-state index in [0.717, 1.165) is 25.8 Å². The number of rotatable bonds is 3. The van der Waals surface area contributed by atoms with Crippen LogP contribution in [0.4, 0.5) is 4.39 Å². The molecule has 0 radical (unpaired) electrons. The SMILES string of the molecule is CC1(C)CC2CC(C)(CN2C(=O)c2cc(-c3ccccc3F)nn2-c2ccccc2Cl)C1. The van der Waals surface area contributed by atoms with E-state index in [1.54, 1.807) is 35.0 Å². The molecule has 0 N–H and O–H groups in total. The molecule has 1 aromatic heterocycles. The molecule has 2 atom stereocenters. The van der Waals surface area contributed by atoms with Gasteiger partial charge >= 0.3 is 0 Å². The summed E-state index contributed by atoms with van der Waals surface area (Å²) < 4.78 is 16.1. The van der Waals surface area contributed by atoms with Crippen LogP contribution in [0, 0.1) is 16.6 Å². The number of carbonyl (C=O) groups excluding carboxylic acids is 1. The molecule has 1 saturated carbocycles. The van der Waals surface area contributed by atoms with Crippen LogP contribution >= 0.6 is 11.6 Å². The van der Waals surface area contributed by atoms with Crippen LogP contribution in [-0.4, -0.2) is 33.2 Å². The summed E-state index contributed by atoms with van der Waals surface area (Å²) in [5.41, 5.74) is 2.11. The van der Waals surface area contributed by atoms with Crippen molar-refractivity contribution in [1.82, 2.24) is 14.7 Å². The summed E-state index contributed by atoms with van der Waals surface area (Å²) in [4.78, 5) is 15.9. The maximum atomic E-state index is 14.5. The lowest BCUT2D eigenvalue weighted by atomic mass is 9.65. The molecule has 4 nitrogen and oxygen atoms in total. The zero-order chi connectivity index (χ0) is 22.7. The summed E-state index contributed by atoms with van der Waals surface area (Å²) in [6, 6.07) is 15.7. The molecule has 0 spiro atoms. The highest BCUT2D eigenvalue weighted by Crippen LogP contribution is 2.52. The van der Waals surface area contributed by atoms with Gasteiger partial charge in [-0.15, -0.1) is 0 Å². The van der Waals surface area contributed by atoms with Crippen LogP contribution in [-0.2, 0) is 0 Å². The van der Waals surface area contributed by atoms with Crippen LogP contribution in [0.15, 0.2) is 54.6 Å². The second kappa shape index (κ2) is 7.45. The molecule has 2 bridgehead atoms.